The predicted molar refractivity (Wildman–Crippen MR) is 108 cm³/mol. The quantitative estimate of drug-likeness (QED) is 0.815. The van der Waals surface area contributed by atoms with Crippen molar-refractivity contribution in [3.63, 3.8) is 0 Å². The Morgan fingerprint density at radius 1 is 1.04 bits per heavy atom. The number of benzene rings is 1. The number of likely N-dealkylation sites (tertiary alicyclic amines) is 1. The highest BCUT2D eigenvalue weighted by molar-refractivity contribution is 5.78. The first-order valence-electron chi connectivity index (χ1n) is 10.7. The summed E-state index contributed by atoms with van der Waals surface area (Å²) in [5.74, 6) is 2.03. The Labute approximate surface area is 163 Å². The lowest BCUT2D eigenvalue weighted by Gasteiger charge is -2.45. The smallest absolute Gasteiger partial charge is 0.237 e. The molecule has 2 atom stereocenters. The molecular weight excluding hydrogens is 338 g/mol. The summed E-state index contributed by atoms with van der Waals surface area (Å²) in [7, 11) is 1.71. The van der Waals surface area contributed by atoms with Crippen LogP contribution < -0.4 is 9.64 Å². The van der Waals surface area contributed by atoms with Gasteiger partial charge in [0.15, 0.2) is 0 Å². The lowest BCUT2D eigenvalue weighted by Crippen LogP contribution is -2.54. The molecule has 0 radical (unpaired) electrons. The molecule has 2 heterocycles. The number of piperazine rings is 1. The molecule has 1 aromatic rings. The number of nitrogens with zero attached hydrogens (tertiary/aromatic N) is 3. The van der Waals surface area contributed by atoms with Gasteiger partial charge in [-0.2, -0.15) is 0 Å². The first kappa shape index (κ1) is 18.6. The zero-order valence-electron chi connectivity index (χ0n) is 16.6. The van der Waals surface area contributed by atoms with Gasteiger partial charge >= 0.3 is 0 Å². The second-order valence-electron chi connectivity index (χ2n) is 8.31. The molecule has 2 saturated heterocycles. The highest BCUT2D eigenvalue weighted by Crippen LogP contribution is 2.35. The molecule has 2 aliphatic heterocycles. The molecular formula is C22H33N3O2. The molecule has 0 aromatic heterocycles. The fourth-order valence-electron chi connectivity index (χ4n) is 5.19. The van der Waals surface area contributed by atoms with Crippen molar-refractivity contribution in [2.75, 3.05) is 51.3 Å². The standard InChI is InChI=1S/C22H33N3O2/c1-27-20-9-4-8-19(16-20)24-14-12-23(13-15-24)17-22(26)25-11-5-7-18-6-2-3-10-21(18)25/h4,8-9,16,18,21H,2-3,5-7,10-15,17H2,1H3. The van der Waals surface area contributed by atoms with Gasteiger partial charge < -0.3 is 14.5 Å². The van der Waals surface area contributed by atoms with Crippen LogP contribution in [0.15, 0.2) is 24.3 Å². The summed E-state index contributed by atoms with van der Waals surface area (Å²) < 4.78 is 5.34. The topological polar surface area (TPSA) is 36.0 Å². The van der Waals surface area contributed by atoms with Crippen LogP contribution in [0.2, 0.25) is 0 Å². The van der Waals surface area contributed by atoms with Gasteiger partial charge in [-0.25, -0.2) is 0 Å². The van der Waals surface area contributed by atoms with E-state index in [9.17, 15) is 4.79 Å². The Balaban J connectivity index is 1.30. The van der Waals surface area contributed by atoms with Crippen LogP contribution in [0, 0.1) is 5.92 Å². The molecule has 3 fully saturated rings. The van der Waals surface area contributed by atoms with Crippen LogP contribution in [0.4, 0.5) is 5.69 Å². The maximum atomic E-state index is 13.0. The summed E-state index contributed by atoms with van der Waals surface area (Å²) in [6.07, 6.45) is 7.72. The molecule has 148 valence electrons. The van der Waals surface area contributed by atoms with Gasteiger partial charge in [-0.1, -0.05) is 18.9 Å². The Bertz CT molecular complexity index is 640. The van der Waals surface area contributed by atoms with Crippen LogP contribution in [0.5, 0.6) is 5.75 Å². The van der Waals surface area contributed by atoms with Gasteiger partial charge in [0.2, 0.25) is 5.91 Å². The zero-order valence-corrected chi connectivity index (χ0v) is 16.6. The van der Waals surface area contributed by atoms with Crippen LogP contribution in [-0.4, -0.2) is 68.1 Å². The highest BCUT2D eigenvalue weighted by Gasteiger charge is 2.36. The Morgan fingerprint density at radius 3 is 2.63 bits per heavy atom. The van der Waals surface area contributed by atoms with E-state index in [0.29, 0.717) is 18.5 Å². The summed E-state index contributed by atoms with van der Waals surface area (Å²) in [4.78, 5) is 20.0. The van der Waals surface area contributed by atoms with Crippen molar-refractivity contribution >= 4 is 11.6 Å². The van der Waals surface area contributed by atoms with E-state index in [1.807, 2.05) is 12.1 Å². The summed E-state index contributed by atoms with van der Waals surface area (Å²) in [5, 5.41) is 0. The number of ether oxygens (including phenoxy) is 1. The molecule has 27 heavy (non-hydrogen) atoms. The Kier molecular flexibility index (Phi) is 5.86. The van der Waals surface area contributed by atoms with Gasteiger partial charge in [0.1, 0.15) is 5.75 Å². The van der Waals surface area contributed by atoms with Crippen molar-refractivity contribution in [2.24, 2.45) is 5.92 Å². The third kappa shape index (κ3) is 4.23. The number of fused-ring (bicyclic) bond motifs is 1. The number of methoxy groups -OCH3 is 1. The minimum atomic E-state index is 0.362. The molecule has 1 aliphatic carbocycles. The van der Waals surface area contributed by atoms with Gasteiger partial charge in [-0.05, 0) is 43.7 Å². The maximum absolute atomic E-state index is 13.0. The first-order chi connectivity index (χ1) is 13.2. The van der Waals surface area contributed by atoms with Crippen molar-refractivity contribution < 1.29 is 9.53 Å². The number of hydrogen-bond acceptors (Lipinski definition) is 4. The average Bonchev–Trinajstić information content (AvgIpc) is 2.74. The molecule has 3 aliphatic rings. The van der Waals surface area contributed by atoms with Crippen molar-refractivity contribution in [3.05, 3.63) is 24.3 Å². The van der Waals surface area contributed by atoms with Crippen molar-refractivity contribution in [1.82, 2.24) is 9.80 Å². The van der Waals surface area contributed by atoms with Crippen LogP contribution in [-0.2, 0) is 4.79 Å². The molecule has 1 amide bonds. The lowest BCUT2D eigenvalue weighted by molar-refractivity contribution is -0.138. The number of amides is 1. The molecule has 1 saturated carbocycles. The third-order valence-corrected chi connectivity index (χ3v) is 6.71. The second-order valence-corrected chi connectivity index (χ2v) is 8.31. The number of piperidine rings is 1. The SMILES string of the molecule is COc1cccc(N2CCN(CC(=O)N3CCCC4CCCCC43)CC2)c1. The minimum Gasteiger partial charge on any atom is -0.497 e. The van der Waals surface area contributed by atoms with Crippen LogP contribution in [0.3, 0.4) is 0 Å². The van der Waals surface area contributed by atoms with Crippen molar-refractivity contribution in [2.45, 2.75) is 44.6 Å². The molecule has 5 nitrogen and oxygen atoms in total. The molecule has 0 N–H and O–H groups in total. The Hall–Kier alpha value is -1.75. The minimum absolute atomic E-state index is 0.362. The van der Waals surface area contributed by atoms with Gasteiger partial charge in [0.05, 0.1) is 13.7 Å². The third-order valence-electron chi connectivity index (χ3n) is 6.71. The molecule has 5 heteroatoms. The van der Waals surface area contributed by atoms with E-state index < -0.39 is 0 Å². The van der Waals surface area contributed by atoms with Crippen molar-refractivity contribution in [3.8, 4) is 5.75 Å². The van der Waals surface area contributed by atoms with E-state index in [-0.39, 0.29) is 0 Å². The molecule has 0 bridgehead atoms. The van der Waals surface area contributed by atoms with E-state index in [1.54, 1.807) is 7.11 Å². The van der Waals surface area contributed by atoms with Gasteiger partial charge in [-0.3, -0.25) is 9.69 Å². The molecule has 2 unspecified atom stereocenters. The molecule has 1 aromatic carbocycles. The summed E-state index contributed by atoms with van der Waals surface area (Å²) in [6, 6.07) is 8.78. The van der Waals surface area contributed by atoms with Gasteiger partial charge in [-0.15, -0.1) is 0 Å². The summed E-state index contributed by atoms with van der Waals surface area (Å²) in [6.45, 7) is 5.40. The van der Waals surface area contributed by atoms with E-state index >= 15 is 0 Å². The molecule has 4 rings (SSSR count). The van der Waals surface area contributed by atoms with Crippen LogP contribution in [0.1, 0.15) is 38.5 Å². The zero-order chi connectivity index (χ0) is 18.6. The second kappa shape index (κ2) is 8.51. The highest BCUT2D eigenvalue weighted by atomic mass is 16.5. The monoisotopic (exact) mass is 371 g/mol. The van der Waals surface area contributed by atoms with Crippen LogP contribution >= 0.6 is 0 Å². The van der Waals surface area contributed by atoms with Gasteiger partial charge in [0.25, 0.3) is 0 Å². The van der Waals surface area contributed by atoms with Crippen molar-refractivity contribution in [1.29, 1.82) is 0 Å². The number of carbonyl (C=O) groups is 1. The van der Waals surface area contributed by atoms with E-state index in [2.05, 4.69) is 26.8 Å². The molecule has 0 spiro atoms. The number of hydrogen-bond donors (Lipinski definition) is 0. The predicted octanol–water partition coefficient (Wildman–Crippen LogP) is 3.00. The largest absolute Gasteiger partial charge is 0.497 e. The number of rotatable bonds is 4. The number of carbonyl (C=O) groups excluding carboxylic acids is 1. The Morgan fingerprint density at radius 2 is 1.81 bits per heavy atom. The first-order valence-corrected chi connectivity index (χ1v) is 10.7. The normalized spacial score (nSPS) is 26.6. The number of anilines is 1. The average molecular weight is 372 g/mol. The lowest BCUT2D eigenvalue weighted by atomic mass is 9.78. The van der Waals surface area contributed by atoms with E-state index in [1.165, 1.54) is 44.2 Å². The fourth-order valence-corrected chi connectivity index (χ4v) is 5.19. The fraction of sp³-hybridized carbons (Fsp3) is 0.682. The van der Waals surface area contributed by atoms with Gasteiger partial charge in [0, 0.05) is 50.5 Å². The summed E-state index contributed by atoms with van der Waals surface area (Å²) >= 11 is 0. The van der Waals surface area contributed by atoms with E-state index in [0.717, 1.165) is 44.4 Å². The maximum Gasteiger partial charge on any atom is 0.237 e. The van der Waals surface area contributed by atoms with E-state index in [4.69, 9.17) is 4.74 Å². The summed E-state index contributed by atoms with van der Waals surface area (Å²) in [5.41, 5.74) is 1.21. The van der Waals surface area contributed by atoms with Crippen LogP contribution in [0.25, 0.3) is 0 Å².